The van der Waals surface area contributed by atoms with Gasteiger partial charge in [0.15, 0.2) is 5.01 Å². The average molecular weight is 298 g/mol. The fourth-order valence-corrected chi connectivity index (χ4v) is 3.18. The molecule has 0 aliphatic rings. The summed E-state index contributed by atoms with van der Waals surface area (Å²) in [5.74, 6) is 0. The van der Waals surface area contributed by atoms with Crippen molar-refractivity contribution in [3.63, 3.8) is 0 Å². The summed E-state index contributed by atoms with van der Waals surface area (Å²) < 4.78 is 5.05. The SMILES string of the molecule is CCCCNc1nnc(-c2cnc(CCOC)s2)s1. The van der Waals surface area contributed by atoms with Crippen molar-refractivity contribution in [2.75, 3.05) is 25.6 Å². The number of aromatic nitrogens is 3. The first kappa shape index (κ1) is 14.4. The lowest BCUT2D eigenvalue weighted by Gasteiger charge is -1.97. The second-order valence-corrected chi connectivity index (χ2v) is 6.15. The zero-order valence-electron chi connectivity index (χ0n) is 11.2. The van der Waals surface area contributed by atoms with E-state index < -0.39 is 0 Å². The van der Waals surface area contributed by atoms with Gasteiger partial charge in [-0.3, -0.25) is 0 Å². The Bertz CT molecular complexity index is 497. The number of nitrogens with one attached hydrogen (secondary N) is 1. The van der Waals surface area contributed by atoms with Crippen molar-refractivity contribution < 1.29 is 4.74 Å². The molecule has 0 aliphatic carbocycles. The van der Waals surface area contributed by atoms with Crippen LogP contribution in [-0.4, -0.2) is 35.4 Å². The molecule has 2 rings (SSSR count). The summed E-state index contributed by atoms with van der Waals surface area (Å²) in [5.41, 5.74) is 0. The van der Waals surface area contributed by atoms with Gasteiger partial charge in [0.05, 0.1) is 16.5 Å². The van der Waals surface area contributed by atoms with E-state index in [4.69, 9.17) is 4.74 Å². The Labute approximate surface area is 121 Å². The summed E-state index contributed by atoms with van der Waals surface area (Å²) >= 11 is 3.24. The second kappa shape index (κ2) is 7.52. The maximum absolute atomic E-state index is 5.05. The molecule has 0 saturated heterocycles. The van der Waals surface area contributed by atoms with Crippen molar-refractivity contribution in [2.45, 2.75) is 26.2 Å². The van der Waals surface area contributed by atoms with Crippen LogP contribution in [0.15, 0.2) is 6.20 Å². The Morgan fingerprint density at radius 2 is 2.21 bits per heavy atom. The van der Waals surface area contributed by atoms with E-state index in [1.54, 1.807) is 29.8 Å². The molecule has 0 bridgehead atoms. The van der Waals surface area contributed by atoms with Crippen molar-refractivity contribution in [2.24, 2.45) is 0 Å². The molecule has 0 atom stereocenters. The van der Waals surface area contributed by atoms with E-state index in [1.807, 2.05) is 6.20 Å². The monoisotopic (exact) mass is 298 g/mol. The average Bonchev–Trinajstić information content (AvgIpc) is 3.05. The number of methoxy groups -OCH3 is 1. The van der Waals surface area contributed by atoms with Gasteiger partial charge >= 0.3 is 0 Å². The first-order valence-electron chi connectivity index (χ1n) is 6.35. The van der Waals surface area contributed by atoms with E-state index in [0.29, 0.717) is 6.61 Å². The second-order valence-electron chi connectivity index (χ2n) is 4.05. The van der Waals surface area contributed by atoms with Crippen LogP contribution in [0.1, 0.15) is 24.8 Å². The highest BCUT2D eigenvalue weighted by Gasteiger charge is 2.10. The van der Waals surface area contributed by atoms with Crippen molar-refractivity contribution >= 4 is 27.8 Å². The predicted molar refractivity (Wildman–Crippen MR) is 80.0 cm³/mol. The number of rotatable bonds is 8. The minimum Gasteiger partial charge on any atom is -0.384 e. The molecule has 0 aromatic carbocycles. The Balaban J connectivity index is 1.95. The lowest BCUT2D eigenvalue weighted by atomic mass is 10.3. The molecule has 0 radical (unpaired) electrons. The topological polar surface area (TPSA) is 59.9 Å². The molecule has 2 heterocycles. The smallest absolute Gasteiger partial charge is 0.206 e. The van der Waals surface area contributed by atoms with Gasteiger partial charge in [-0.05, 0) is 6.42 Å². The molecule has 0 spiro atoms. The minimum atomic E-state index is 0.701. The predicted octanol–water partition coefficient (Wildman–Crippen LogP) is 3.06. The molecule has 0 saturated carbocycles. The molecular formula is C12H18N4OS2. The summed E-state index contributed by atoms with van der Waals surface area (Å²) in [6.45, 7) is 3.83. The van der Waals surface area contributed by atoms with Gasteiger partial charge in [0.25, 0.3) is 0 Å². The molecule has 104 valence electrons. The van der Waals surface area contributed by atoms with Gasteiger partial charge in [0.1, 0.15) is 0 Å². The first-order chi connectivity index (χ1) is 9.33. The highest BCUT2D eigenvalue weighted by molar-refractivity contribution is 7.23. The molecule has 0 unspecified atom stereocenters. The number of unbranched alkanes of at least 4 members (excludes halogenated alkanes) is 1. The highest BCUT2D eigenvalue weighted by Crippen LogP contribution is 2.30. The van der Waals surface area contributed by atoms with Gasteiger partial charge in [-0.1, -0.05) is 24.7 Å². The van der Waals surface area contributed by atoms with Crippen molar-refractivity contribution in [1.29, 1.82) is 0 Å². The van der Waals surface area contributed by atoms with Crippen LogP contribution < -0.4 is 5.32 Å². The van der Waals surface area contributed by atoms with Crippen molar-refractivity contribution in [3.05, 3.63) is 11.2 Å². The quantitative estimate of drug-likeness (QED) is 0.759. The Kier molecular flexibility index (Phi) is 5.68. The number of ether oxygens (including phenoxy) is 1. The maximum Gasteiger partial charge on any atom is 0.206 e. The normalized spacial score (nSPS) is 10.8. The first-order valence-corrected chi connectivity index (χ1v) is 7.98. The van der Waals surface area contributed by atoms with Crippen LogP contribution in [0.2, 0.25) is 0 Å². The summed E-state index contributed by atoms with van der Waals surface area (Å²) in [6, 6.07) is 0. The van der Waals surface area contributed by atoms with Crippen LogP contribution in [-0.2, 0) is 11.2 Å². The number of nitrogens with zero attached hydrogens (tertiary/aromatic N) is 3. The van der Waals surface area contributed by atoms with Crippen molar-refractivity contribution in [3.8, 4) is 9.88 Å². The molecule has 5 nitrogen and oxygen atoms in total. The van der Waals surface area contributed by atoms with Crippen LogP contribution in [0.5, 0.6) is 0 Å². The van der Waals surface area contributed by atoms with Gasteiger partial charge in [0.2, 0.25) is 5.13 Å². The lowest BCUT2D eigenvalue weighted by Crippen LogP contribution is -1.99. The van der Waals surface area contributed by atoms with Gasteiger partial charge in [0, 0.05) is 26.3 Å². The van der Waals surface area contributed by atoms with Gasteiger partial charge in [-0.15, -0.1) is 21.5 Å². The molecule has 2 aromatic heterocycles. The van der Waals surface area contributed by atoms with Gasteiger partial charge < -0.3 is 10.1 Å². The van der Waals surface area contributed by atoms with E-state index >= 15 is 0 Å². The van der Waals surface area contributed by atoms with E-state index in [-0.39, 0.29) is 0 Å². The number of thiazole rings is 1. The maximum atomic E-state index is 5.05. The summed E-state index contributed by atoms with van der Waals surface area (Å²) in [6.07, 6.45) is 5.04. The summed E-state index contributed by atoms with van der Waals surface area (Å²) in [4.78, 5) is 5.45. The molecular weight excluding hydrogens is 280 g/mol. The fourth-order valence-electron chi connectivity index (χ4n) is 1.48. The van der Waals surface area contributed by atoms with Crippen LogP contribution in [0, 0.1) is 0 Å². The lowest BCUT2D eigenvalue weighted by molar-refractivity contribution is 0.202. The van der Waals surface area contributed by atoms with E-state index in [1.165, 1.54) is 6.42 Å². The van der Waals surface area contributed by atoms with Gasteiger partial charge in [-0.2, -0.15) is 0 Å². The van der Waals surface area contributed by atoms with Gasteiger partial charge in [-0.25, -0.2) is 4.98 Å². The van der Waals surface area contributed by atoms with Crippen LogP contribution in [0.4, 0.5) is 5.13 Å². The Morgan fingerprint density at radius 3 is 3.00 bits per heavy atom. The third-order valence-corrected chi connectivity index (χ3v) is 4.62. The van der Waals surface area contributed by atoms with Crippen LogP contribution in [0.3, 0.4) is 0 Å². The summed E-state index contributed by atoms with van der Waals surface area (Å²) in [5, 5.41) is 14.5. The number of hydrogen-bond acceptors (Lipinski definition) is 7. The van der Waals surface area contributed by atoms with E-state index in [9.17, 15) is 0 Å². The number of anilines is 1. The zero-order valence-corrected chi connectivity index (χ0v) is 12.8. The third-order valence-electron chi connectivity index (χ3n) is 2.52. The minimum absolute atomic E-state index is 0.701. The van der Waals surface area contributed by atoms with Crippen molar-refractivity contribution in [1.82, 2.24) is 15.2 Å². The standard InChI is InChI=1S/C12H18N4OS2/c1-3-4-6-13-12-16-15-11(19-12)9-8-14-10(18-9)5-7-17-2/h8H,3-7H2,1-2H3,(H,13,16). The molecule has 7 heteroatoms. The molecule has 2 aromatic rings. The third kappa shape index (κ3) is 4.22. The molecule has 1 N–H and O–H groups in total. The fraction of sp³-hybridized carbons (Fsp3) is 0.583. The molecule has 19 heavy (non-hydrogen) atoms. The highest BCUT2D eigenvalue weighted by atomic mass is 32.1. The Morgan fingerprint density at radius 1 is 1.32 bits per heavy atom. The molecule has 0 aliphatic heterocycles. The zero-order chi connectivity index (χ0) is 13.5. The number of hydrogen-bond donors (Lipinski definition) is 1. The summed E-state index contributed by atoms with van der Waals surface area (Å²) in [7, 11) is 1.70. The van der Waals surface area contributed by atoms with Crippen LogP contribution >= 0.6 is 22.7 Å². The molecule has 0 amide bonds. The van der Waals surface area contributed by atoms with E-state index in [2.05, 4.69) is 27.4 Å². The molecule has 0 fully saturated rings. The van der Waals surface area contributed by atoms with E-state index in [0.717, 1.165) is 39.4 Å². The van der Waals surface area contributed by atoms with Crippen LogP contribution in [0.25, 0.3) is 9.88 Å². The largest absolute Gasteiger partial charge is 0.384 e. The Hall–Kier alpha value is -1.05.